The van der Waals surface area contributed by atoms with Crippen LogP contribution in [0, 0.1) is 5.82 Å². The monoisotopic (exact) mass is 512 g/mol. The Morgan fingerprint density at radius 2 is 1.87 bits per heavy atom. The summed E-state index contributed by atoms with van der Waals surface area (Å²) in [5, 5.41) is 7.89. The van der Waals surface area contributed by atoms with E-state index in [2.05, 4.69) is 16.4 Å². The number of halogens is 1. The largest absolute Gasteiger partial charge is 0.485 e. The van der Waals surface area contributed by atoms with Crippen molar-refractivity contribution in [2.45, 2.75) is 38.0 Å². The zero-order valence-electron chi connectivity index (χ0n) is 20.9. The van der Waals surface area contributed by atoms with E-state index in [1.54, 1.807) is 18.3 Å². The molecule has 38 heavy (non-hydrogen) atoms. The molecule has 3 N–H and O–H groups in total. The molecule has 1 spiro atoms. The smallest absolute Gasteiger partial charge is 0.317 e. The summed E-state index contributed by atoms with van der Waals surface area (Å²) in [5.74, 6) is 0.379. The summed E-state index contributed by atoms with van der Waals surface area (Å²) in [6.07, 6.45) is 3.55. The van der Waals surface area contributed by atoms with Crippen LogP contribution < -0.4 is 15.8 Å². The number of aryl methyl sites for hydroxylation is 1. The second-order valence-corrected chi connectivity index (χ2v) is 10.0. The maximum absolute atomic E-state index is 13.5. The van der Waals surface area contributed by atoms with Gasteiger partial charge in [-0.25, -0.2) is 14.2 Å². The van der Waals surface area contributed by atoms with E-state index in [0.29, 0.717) is 30.9 Å². The number of aromatic nitrogens is 3. The Balaban J connectivity index is 1.15. The molecule has 2 amide bonds. The molecule has 1 saturated heterocycles. The molecule has 0 radical (unpaired) electrons. The van der Waals surface area contributed by atoms with E-state index in [1.165, 1.54) is 12.1 Å². The van der Waals surface area contributed by atoms with Crippen LogP contribution in [0.15, 0.2) is 72.9 Å². The second-order valence-electron chi connectivity index (χ2n) is 10.0. The Hall–Kier alpha value is -4.40. The van der Waals surface area contributed by atoms with Gasteiger partial charge in [-0.15, -0.1) is 0 Å². The maximum atomic E-state index is 13.5. The molecule has 0 bridgehead atoms. The molecule has 0 saturated carbocycles. The molecule has 2 aliphatic heterocycles. The number of rotatable bonds is 6. The lowest BCUT2D eigenvalue weighted by atomic mass is 9.82. The molecule has 2 aliphatic rings. The van der Waals surface area contributed by atoms with E-state index < -0.39 is 0 Å². The molecule has 2 aromatic carbocycles. The summed E-state index contributed by atoms with van der Waals surface area (Å²) in [5.41, 5.74) is 10.5. The van der Waals surface area contributed by atoms with Gasteiger partial charge in [-0.05, 0) is 48.2 Å². The van der Waals surface area contributed by atoms with Gasteiger partial charge in [-0.3, -0.25) is 4.68 Å². The number of amides is 2. The molecule has 0 aliphatic carbocycles. The Labute approximate surface area is 220 Å². The summed E-state index contributed by atoms with van der Waals surface area (Å²) in [6, 6.07) is 20.1. The van der Waals surface area contributed by atoms with Crippen LogP contribution in [0.1, 0.15) is 29.7 Å². The first kappa shape index (κ1) is 24.0. The van der Waals surface area contributed by atoms with Crippen LogP contribution in [0.4, 0.5) is 15.0 Å². The van der Waals surface area contributed by atoms with Crippen molar-refractivity contribution in [3.63, 3.8) is 0 Å². The summed E-state index contributed by atoms with van der Waals surface area (Å²) < 4.78 is 21.4. The summed E-state index contributed by atoms with van der Waals surface area (Å²) >= 11 is 0. The molecule has 4 aromatic rings. The molecule has 1 fully saturated rings. The predicted octanol–water partition coefficient (Wildman–Crippen LogP) is 4.50. The number of fused-ring (bicyclic) bond motifs is 2. The van der Waals surface area contributed by atoms with Crippen molar-refractivity contribution in [3.8, 4) is 17.0 Å². The molecule has 194 valence electrons. The molecule has 4 heterocycles. The van der Waals surface area contributed by atoms with E-state index in [0.717, 1.165) is 41.9 Å². The van der Waals surface area contributed by atoms with E-state index in [1.807, 2.05) is 46.0 Å². The van der Waals surface area contributed by atoms with Crippen molar-refractivity contribution in [3.05, 3.63) is 95.6 Å². The maximum Gasteiger partial charge on any atom is 0.317 e. The number of nitrogen functional groups attached to an aromatic ring is 1. The highest BCUT2D eigenvalue weighted by molar-refractivity contribution is 5.75. The minimum absolute atomic E-state index is 0.0354. The average Bonchev–Trinajstić information content (AvgIpc) is 3.64. The fourth-order valence-electron chi connectivity index (χ4n) is 5.45. The van der Waals surface area contributed by atoms with Crippen LogP contribution in [0.5, 0.6) is 5.75 Å². The number of nitrogens with two attached hydrogens (primary N) is 1. The fourth-order valence-corrected chi connectivity index (χ4v) is 5.45. The molecular weight excluding hydrogens is 483 g/mol. The minimum atomic E-state index is -0.313. The van der Waals surface area contributed by atoms with Crippen LogP contribution >= 0.6 is 0 Å². The Bertz CT molecular complexity index is 1470. The lowest BCUT2D eigenvalue weighted by Gasteiger charge is -2.23. The topological polar surface area (TPSA) is 98.3 Å². The van der Waals surface area contributed by atoms with Crippen LogP contribution in [-0.4, -0.2) is 38.8 Å². The van der Waals surface area contributed by atoms with Gasteiger partial charge in [0.1, 0.15) is 12.4 Å². The zero-order chi connectivity index (χ0) is 26.1. The molecule has 6 rings (SSSR count). The highest BCUT2D eigenvalue weighted by Gasteiger charge is 2.46. The van der Waals surface area contributed by atoms with Crippen LogP contribution in [0.3, 0.4) is 0 Å². The lowest BCUT2D eigenvalue weighted by molar-refractivity contribution is 0.205. The zero-order valence-corrected chi connectivity index (χ0v) is 20.9. The molecule has 9 heteroatoms. The first-order valence-electron chi connectivity index (χ1n) is 12.8. The first-order valence-corrected chi connectivity index (χ1v) is 12.8. The molecule has 8 nitrogen and oxygen atoms in total. The number of nitrogens with one attached hydrogen (secondary N) is 1. The van der Waals surface area contributed by atoms with E-state index in [4.69, 9.17) is 15.6 Å². The number of hydrogen-bond acceptors (Lipinski definition) is 5. The third-order valence-electron chi connectivity index (χ3n) is 7.51. The van der Waals surface area contributed by atoms with Gasteiger partial charge in [0.05, 0.1) is 5.69 Å². The van der Waals surface area contributed by atoms with Gasteiger partial charge < -0.3 is 20.7 Å². The third-order valence-corrected chi connectivity index (χ3v) is 7.51. The summed E-state index contributed by atoms with van der Waals surface area (Å²) in [4.78, 5) is 19.1. The van der Waals surface area contributed by atoms with Crippen LogP contribution in [0.25, 0.3) is 11.3 Å². The van der Waals surface area contributed by atoms with Gasteiger partial charge >= 0.3 is 6.03 Å². The third kappa shape index (κ3) is 4.67. The van der Waals surface area contributed by atoms with Gasteiger partial charge in [0.25, 0.3) is 0 Å². The van der Waals surface area contributed by atoms with E-state index in [-0.39, 0.29) is 29.7 Å². The van der Waals surface area contributed by atoms with Crippen LogP contribution in [0.2, 0.25) is 0 Å². The van der Waals surface area contributed by atoms with Crippen molar-refractivity contribution in [1.29, 1.82) is 0 Å². The Morgan fingerprint density at radius 3 is 2.71 bits per heavy atom. The van der Waals surface area contributed by atoms with Crippen molar-refractivity contribution < 1.29 is 13.9 Å². The lowest BCUT2D eigenvalue weighted by Crippen LogP contribution is -2.40. The van der Waals surface area contributed by atoms with E-state index >= 15 is 0 Å². The number of nitrogens with zero attached hydrogens (tertiary/aromatic N) is 4. The van der Waals surface area contributed by atoms with Crippen LogP contribution in [-0.2, 0) is 25.1 Å². The minimum Gasteiger partial charge on any atom is -0.485 e. The molecular formula is C29H29FN6O2. The number of pyridine rings is 1. The summed E-state index contributed by atoms with van der Waals surface area (Å²) in [6.45, 7) is 2.88. The number of carbonyl (C=O) groups is 1. The number of likely N-dealkylation sites (tertiary alicyclic amines) is 1. The van der Waals surface area contributed by atoms with Crippen molar-refractivity contribution in [2.75, 3.05) is 18.8 Å². The van der Waals surface area contributed by atoms with Gasteiger partial charge in [0.15, 0.2) is 11.6 Å². The highest BCUT2D eigenvalue weighted by atomic mass is 19.1. The van der Waals surface area contributed by atoms with Crippen molar-refractivity contribution in [2.24, 2.45) is 0 Å². The summed E-state index contributed by atoms with van der Waals surface area (Å²) in [7, 11) is 0. The first-order chi connectivity index (χ1) is 18.5. The molecule has 1 unspecified atom stereocenters. The second kappa shape index (κ2) is 9.81. The fraction of sp³-hybridized carbons (Fsp3) is 0.276. The highest BCUT2D eigenvalue weighted by Crippen LogP contribution is 2.44. The SMILES string of the molecule is Nc1ncc(-c2cc3n(n2)CCC32CCN(C(=O)NCc3ccccc3)C2)cc1OCc1cccc(F)c1. The standard InChI is InChI=1S/C29H29FN6O2/c30-23-8-4-7-21(13-23)18-38-25-14-22(17-32-27(25)31)24-15-26-29(10-12-36(26)34-24)9-11-35(19-29)28(37)33-16-20-5-2-1-3-6-20/h1-8,13-15,17H,9-12,16,18-19H2,(H2,31,32)(H,33,37). The number of ether oxygens (including phenoxy) is 1. The van der Waals surface area contributed by atoms with Gasteiger partial charge in [-0.2, -0.15) is 5.10 Å². The van der Waals surface area contributed by atoms with Crippen molar-refractivity contribution >= 4 is 11.8 Å². The average molecular weight is 513 g/mol. The van der Waals surface area contributed by atoms with Gasteiger partial charge in [0, 0.05) is 49.0 Å². The number of hydrogen-bond donors (Lipinski definition) is 2. The molecule has 2 aromatic heterocycles. The van der Waals surface area contributed by atoms with Gasteiger partial charge in [0.2, 0.25) is 0 Å². The van der Waals surface area contributed by atoms with Crippen molar-refractivity contribution in [1.82, 2.24) is 25.0 Å². The van der Waals surface area contributed by atoms with E-state index in [9.17, 15) is 9.18 Å². The predicted molar refractivity (Wildman–Crippen MR) is 142 cm³/mol. The number of benzene rings is 2. The quantitative estimate of drug-likeness (QED) is 0.396. The number of urea groups is 1. The van der Waals surface area contributed by atoms with Gasteiger partial charge in [-0.1, -0.05) is 42.5 Å². The number of carbonyl (C=O) groups excluding carboxylic acids is 1. The normalized spacial score (nSPS) is 18.1. The Kier molecular flexibility index (Phi) is 6.19. The Morgan fingerprint density at radius 1 is 1.05 bits per heavy atom. The number of anilines is 1. The molecule has 1 atom stereocenters.